The van der Waals surface area contributed by atoms with E-state index >= 15 is 0 Å². The fraction of sp³-hybridized carbons (Fsp3) is 0.462. The molecule has 1 amide bonds. The van der Waals surface area contributed by atoms with E-state index in [1.165, 1.54) is 4.90 Å². The van der Waals surface area contributed by atoms with Gasteiger partial charge < -0.3 is 4.90 Å². The molecule has 0 N–H and O–H groups in total. The van der Waals surface area contributed by atoms with E-state index in [0.717, 1.165) is 12.8 Å². The number of hydrogen-bond donors (Lipinski definition) is 0. The molecule has 0 aromatic heterocycles. The average molecular weight is 284 g/mol. The standard InChI is InChI=1S/C13H14F2N2O3/c1-2-5-16(8-3-4-8)13(18)9-6-11(15)12(17(19)20)7-10(9)14/h6-8H,2-5H2,1H3. The van der Waals surface area contributed by atoms with Gasteiger partial charge in [0.15, 0.2) is 0 Å². The highest BCUT2D eigenvalue weighted by Crippen LogP contribution is 2.30. The molecule has 0 heterocycles. The summed E-state index contributed by atoms with van der Waals surface area (Å²) >= 11 is 0. The van der Waals surface area contributed by atoms with Crippen LogP contribution in [0.4, 0.5) is 14.5 Å². The van der Waals surface area contributed by atoms with Gasteiger partial charge in [-0.25, -0.2) is 4.39 Å². The van der Waals surface area contributed by atoms with Gasteiger partial charge in [-0.05, 0) is 25.3 Å². The van der Waals surface area contributed by atoms with E-state index in [4.69, 9.17) is 0 Å². The van der Waals surface area contributed by atoms with Gasteiger partial charge in [0.2, 0.25) is 5.82 Å². The number of benzene rings is 1. The van der Waals surface area contributed by atoms with E-state index in [9.17, 15) is 23.7 Å². The van der Waals surface area contributed by atoms with Crippen molar-refractivity contribution < 1.29 is 18.5 Å². The molecule has 1 fully saturated rings. The van der Waals surface area contributed by atoms with Gasteiger partial charge in [0.1, 0.15) is 5.82 Å². The van der Waals surface area contributed by atoms with Crippen LogP contribution in [0, 0.1) is 21.7 Å². The second kappa shape index (κ2) is 5.52. The summed E-state index contributed by atoms with van der Waals surface area (Å²) in [7, 11) is 0. The van der Waals surface area contributed by atoms with Crippen LogP contribution in [0.1, 0.15) is 36.5 Å². The lowest BCUT2D eigenvalue weighted by molar-refractivity contribution is -0.387. The summed E-state index contributed by atoms with van der Waals surface area (Å²) in [5.41, 5.74) is -1.42. The molecule has 0 unspecified atom stereocenters. The number of carbonyl (C=O) groups is 1. The summed E-state index contributed by atoms with van der Waals surface area (Å²) in [5, 5.41) is 10.5. The maximum atomic E-state index is 13.8. The van der Waals surface area contributed by atoms with Crippen molar-refractivity contribution in [3.63, 3.8) is 0 Å². The van der Waals surface area contributed by atoms with Crippen LogP contribution in [0.2, 0.25) is 0 Å². The lowest BCUT2D eigenvalue weighted by Gasteiger charge is -2.22. The van der Waals surface area contributed by atoms with Crippen LogP contribution < -0.4 is 0 Å². The van der Waals surface area contributed by atoms with Gasteiger partial charge in [-0.3, -0.25) is 14.9 Å². The highest BCUT2D eigenvalue weighted by Gasteiger charge is 2.34. The number of nitro groups is 1. The van der Waals surface area contributed by atoms with Gasteiger partial charge >= 0.3 is 5.69 Å². The van der Waals surface area contributed by atoms with Crippen molar-refractivity contribution in [1.82, 2.24) is 4.90 Å². The number of nitrogens with zero attached hydrogens (tertiary/aromatic N) is 2. The van der Waals surface area contributed by atoms with Gasteiger partial charge in [0, 0.05) is 12.6 Å². The Balaban J connectivity index is 2.34. The van der Waals surface area contributed by atoms with Crippen molar-refractivity contribution in [3.05, 3.63) is 39.4 Å². The zero-order valence-electron chi connectivity index (χ0n) is 10.9. The molecule has 1 aliphatic rings. The zero-order valence-corrected chi connectivity index (χ0v) is 10.9. The average Bonchev–Trinajstić information content (AvgIpc) is 3.21. The maximum Gasteiger partial charge on any atom is 0.307 e. The Morgan fingerprint density at radius 2 is 2.05 bits per heavy atom. The summed E-state index contributed by atoms with van der Waals surface area (Å²) in [5.74, 6) is -2.88. The Kier molecular flexibility index (Phi) is 3.96. The number of rotatable bonds is 5. The summed E-state index contributed by atoms with van der Waals surface area (Å²) < 4.78 is 27.3. The molecule has 0 bridgehead atoms. The highest BCUT2D eigenvalue weighted by molar-refractivity contribution is 5.95. The van der Waals surface area contributed by atoms with Crippen LogP contribution >= 0.6 is 0 Å². The van der Waals surface area contributed by atoms with Crippen LogP contribution in [-0.4, -0.2) is 28.3 Å². The summed E-state index contributed by atoms with van der Waals surface area (Å²) in [6.07, 6.45) is 2.41. The van der Waals surface area contributed by atoms with Crippen molar-refractivity contribution in [1.29, 1.82) is 0 Å². The van der Waals surface area contributed by atoms with E-state index in [1.807, 2.05) is 6.92 Å². The van der Waals surface area contributed by atoms with Crippen LogP contribution in [0.15, 0.2) is 12.1 Å². The monoisotopic (exact) mass is 284 g/mol. The Morgan fingerprint density at radius 3 is 2.55 bits per heavy atom. The van der Waals surface area contributed by atoms with Crippen LogP contribution in [0.3, 0.4) is 0 Å². The Morgan fingerprint density at radius 1 is 1.40 bits per heavy atom. The topological polar surface area (TPSA) is 63.5 Å². The zero-order chi connectivity index (χ0) is 14.9. The molecule has 7 heteroatoms. The van der Waals surface area contributed by atoms with Crippen LogP contribution in [0.5, 0.6) is 0 Å². The third-order valence-corrected chi connectivity index (χ3v) is 3.18. The number of halogens is 2. The second-order valence-corrected chi connectivity index (χ2v) is 4.77. The second-order valence-electron chi connectivity index (χ2n) is 4.77. The predicted molar refractivity (Wildman–Crippen MR) is 67.4 cm³/mol. The first-order valence-electron chi connectivity index (χ1n) is 6.40. The lowest BCUT2D eigenvalue weighted by Crippen LogP contribution is -2.34. The predicted octanol–water partition coefficient (Wildman–Crippen LogP) is 2.89. The number of amides is 1. The molecule has 0 radical (unpaired) electrons. The lowest BCUT2D eigenvalue weighted by atomic mass is 10.1. The van der Waals surface area contributed by atoms with Crippen molar-refractivity contribution in [2.24, 2.45) is 0 Å². The van der Waals surface area contributed by atoms with Crippen molar-refractivity contribution >= 4 is 11.6 Å². The molecule has 0 aliphatic heterocycles. The minimum absolute atomic E-state index is 0.0695. The highest BCUT2D eigenvalue weighted by atomic mass is 19.1. The molecule has 1 aromatic carbocycles. The largest absolute Gasteiger partial charge is 0.336 e. The molecule has 108 valence electrons. The van der Waals surface area contributed by atoms with E-state index < -0.39 is 33.7 Å². The smallest absolute Gasteiger partial charge is 0.307 e. The summed E-state index contributed by atoms with van der Waals surface area (Å²) in [6, 6.07) is 1.14. The molecule has 0 spiro atoms. The molecule has 1 aromatic rings. The van der Waals surface area contributed by atoms with E-state index in [0.29, 0.717) is 25.1 Å². The molecule has 1 saturated carbocycles. The van der Waals surface area contributed by atoms with Crippen LogP contribution in [-0.2, 0) is 0 Å². The van der Waals surface area contributed by atoms with Crippen molar-refractivity contribution in [3.8, 4) is 0 Å². The van der Waals surface area contributed by atoms with Gasteiger partial charge in [0.25, 0.3) is 5.91 Å². The maximum absolute atomic E-state index is 13.8. The van der Waals surface area contributed by atoms with E-state index in [-0.39, 0.29) is 6.04 Å². The first-order valence-corrected chi connectivity index (χ1v) is 6.40. The van der Waals surface area contributed by atoms with Gasteiger partial charge in [-0.15, -0.1) is 0 Å². The van der Waals surface area contributed by atoms with E-state index in [2.05, 4.69) is 0 Å². The van der Waals surface area contributed by atoms with Crippen molar-refractivity contribution in [2.75, 3.05) is 6.54 Å². The molecule has 5 nitrogen and oxygen atoms in total. The van der Waals surface area contributed by atoms with E-state index in [1.54, 1.807) is 0 Å². The Labute approximate surface area is 114 Å². The number of nitro benzene ring substituents is 1. The first-order chi connectivity index (χ1) is 9.45. The van der Waals surface area contributed by atoms with Crippen LogP contribution in [0.25, 0.3) is 0 Å². The molecule has 2 rings (SSSR count). The fourth-order valence-electron chi connectivity index (χ4n) is 2.07. The number of carbonyl (C=O) groups excluding carboxylic acids is 1. The molecule has 0 atom stereocenters. The molecule has 1 aliphatic carbocycles. The summed E-state index contributed by atoms with van der Waals surface area (Å²) in [4.78, 5) is 23.2. The quantitative estimate of drug-likeness (QED) is 0.617. The fourth-order valence-corrected chi connectivity index (χ4v) is 2.07. The molecule has 0 saturated heterocycles. The molecular weight excluding hydrogens is 270 g/mol. The van der Waals surface area contributed by atoms with Gasteiger partial charge in [-0.2, -0.15) is 4.39 Å². The Hall–Kier alpha value is -2.05. The third-order valence-electron chi connectivity index (χ3n) is 3.18. The normalized spacial score (nSPS) is 14.2. The van der Waals surface area contributed by atoms with Gasteiger partial charge in [-0.1, -0.05) is 6.92 Å². The first kappa shape index (κ1) is 14.4. The molecular formula is C13H14F2N2O3. The van der Waals surface area contributed by atoms with Gasteiger partial charge in [0.05, 0.1) is 16.6 Å². The molecule has 20 heavy (non-hydrogen) atoms. The summed E-state index contributed by atoms with van der Waals surface area (Å²) in [6.45, 7) is 2.34. The number of hydrogen-bond acceptors (Lipinski definition) is 3. The third kappa shape index (κ3) is 2.76. The SMILES string of the molecule is CCCN(C(=O)c1cc(F)c([N+](=O)[O-])cc1F)C1CC1. The van der Waals surface area contributed by atoms with Crippen molar-refractivity contribution in [2.45, 2.75) is 32.2 Å². The minimum Gasteiger partial charge on any atom is -0.336 e. The minimum atomic E-state index is -1.20. The Bertz CT molecular complexity index is 559.